The van der Waals surface area contributed by atoms with Gasteiger partial charge >= 0.3 is 6.03 Å². The van der Waals surface area contributed by atoms with Crippen LogP contribution in [0, 0.1) is 11.3 Å². The summed E-state index contributed by atoms with van der Waals surface area (Å²) < 4.78 is 13.3. The Morgan fingerprint density at radius 2 is 1.23 bits per heavy atom. The topological polar surface area (TPSA) is 83.6 Å². The van der Waals surface area contributed by atoms with Crippen molar-refractivity contribution in [1.29, 1.82) is 5.26 Å². The molecular formula is C36H33N5O3. The summed E-state index contributed by atoms with van der Waals surface area (Å²) in [5.74, 6) is 1.62. The van der Waals surface area contributed by atoms with Crippen molar-refractivity contribution in [2.24, 2.45) is 0 Å². The molecule has 4 aromatic carbocycles. The molecule has 0 bridgehead atoms. The molecule has 1 aromatic heterocycles. The molecule has 0 atom stereocenters. The highest BCUT2D eigenvalue weighted by Crippen LogP contribution is 2.32. The Bertz CT molecular complexity index is 1600. The number of aromatic nitrogens is 2. The molecule has 220 valence electrons. The zero-order chi connectivity index (χ0) is 30.1. The first-order valence-electron chi connectivity index (χ1n) is 14.7. The van der Waals surface area contributed by atoms with E-state index in [-0.39, 0.29) is 12.1 Å². The fourth-order valence-electron chi connectivity index (χ4n) is 5.39. The molecular weight excluding hydrogens is 550 g/mol. The summed E-state index contributed by atoms with van der Waals surface area (Å²) >= 11 is 0. The second-order valence-corrected chi connectivity index (χ2v) is 10.7. The highest BCUT2D eigenvalue weighted by molar-refractivity contribution is 5.76. The van der Waals surface area contributed by atoms with Crippen molar-refractivity contribution in [3.63, 3.8) is 0 Å². The minimum absolute atomic E-state index is 0.0199. The molecule has 5 aromatic rings. The summed E-state index contributed by atoms with van der Waals surface area (Å²) in [6.07, 6.45) is 2.88. The quantitative estimate of drug-likeness (QED) is 0.203. The van der Waals surface area contributed by atoms with Crippen molar-refractivity contribution < 1.29 is 14.3 Å². The van der Waals surface area contributed by atoms with Gasteiger partial charge in [-0.15, -0.1) is 0 Å². The molecule has 8 heteroatoms. The summed E-state index contributed by atoms with van der Waals surface area (Å²) in [5.41, 5.74) is 4.89. The summed E-state index contributed by atoms with van der Waals surface area (Å²) in [7, 11) is 0. The van der Waals surface area contributed by atoms with Crippen molar-refractivity contribution in [1.82, 2.24) is 19.6 Å². The summed E-state index contributed by atoms with van der Waals surface area (Å²) in [4.78, 5) is 17.2. The van der Waals surface area contributed by atoms with E-state index < -0.39 is 0 Å². The zero-order valence-electron chi connectivity index (χ0n) is 24.3. The van der Waals surface area contributed by atoms with Crippen LogP contribution in [0.4, 0.5) is 4.79 Å². The molecule has 1 aliphatic rings. The van der Waals surface area contributed by atoms with Crippen LogP contribution in [0.3, 0.4) is 0 Å². The predicted molar refractivity (Wildman–Crippen MR) is 167 cm³/mol. The number of hydrogen-bond acceptors (Lipinski definition) is 6. The van der Waals surface area contributed by atoms with Crippen molar-refractivity contribution in [3.8, 4) is 17.6 Å². The maximum absolute atomic E-state index is 13.0. The predicted octanol–water partition coefficient (Wildman–Crippen LogP) is 6.29. The first-order valence-corrected chi connectivity index (χ1v) is 14.7. The maximum Gasteiger partial charge on any atom is 0.344 e. The second kappa shape index (κ2) is 13.7. The van der Waals surface area contributed by atoms with Crippen molar-refractivity contribution in [2.45, 2.75) is 19.3 Å². The number of piperazine rings is 1. The van der Waals surface area contributed by atoms with E-state index >= 15 is 0 Å². The Morgan fingerprint density at radius 3 is 1.68 bits per heavy atom. The van der Waals surface area contributed by atoms with Crippen LogP contribution < -0.4 is 9.47 Å². The fraction of sp³-hybridized carbons (Fsp3) is 0.194. The van der Waals surface area contributed by atoms with Gasteiger partial charge in [-0.25, -0.2) is 4.79 Å². The van der Waals surface area contributed by atoms with Gasteiger partial charge < -0.3 is 14.4 Å². The fourth-order valence-corrected chi connectivity index (χ4v) is 5.39. The number of rotatable bonds is 9. The number of ether oxygens (including phenoxy) is 2. The standard InChI is InChI=1S/C36H33N5O3/c37-23-30-24-38-41(25-30)36(42)40-21-19-39(20-22-40)35(31-11-15-33(16-12-31)43-26-28-7-3-1-4-8-28)32-13-17-34(18-14-32)44-27-29-9-5-2-6-10-29/h1-18,24-25,35H,19-22,26-27H2. The largest absolute Gasteiger partial charge is 0.489 e. The summed E-state index contributed by atoms with van der Waals surface area (Å²) in [6, 6.07) is 38.6. The van der Waals surface area contributed by atoms with Gasteiger partial charge in [0.15, 0.2) is 0 Å². The third kappa shape index (κ3) is 6.97. The lowest BCUT2D eigenvalue weighted by Gasteiger charge is -2.39. The normalized spacial score (nSPS) is 13.4. The third-order valence-electron chi connectivity index (χ3n) is 7.75. The highest BCUT2D eigenvalue weighted by Gasteiger charge is 2.29. The van der Waals surface area contributed by atoms with Crippen LogP contribution in [0.2, 0.25) is 0 Å². The van der Waals surface area contributed by atoms with Crippen LogP contribution in [0.5, 0.6) is 11.5 Å². The first kappa shape index (κ1) is 28.7. The van der Waals surface area contributed by atoms with E-state index in [1.165, 1.54) is 17.1 Å². The Balaban J connectivity index is 1.18. The molecule has 1 saturated heterocycles. The van der Waals surface area contributed by atoms with Crippen molar-refractivity contribution in [3.05, 3.63) is 149 Å². The first-order chi connectivity index (χ1) is 21.7. The van der Waals surface area contributed by atoms with Gasteiger partial charge in [0, 0.05) is 26.2 Å². The Labute approximate surface area is 257 Å². The van der Waals surface area contributed by atoms with E-state index in [4.69, 9.17) is 14.7 Å². The molecule has 0 spiro atoms. The number of benzene rings is 4. The molecule has 1 fully saturated rings. The van der Waals surface area contributed by atoms with Gasteiger partial charge in [0.1, 0.15) is 30.8 Å². The average molecular weight is 584 g/mol. The lowest BCUT2D eigenvalue weighted by molar-refractivity contribution is 0.119. The molecule has 6 rings (SSSR count). The zero-order valence-corrected chi connectivity index (χ0v) is 24.3. The summed E-state index contributed by atoms with van der Waals surface area (Å²) in [5, 5.41) is 13.2. The van der Waals surface area contributed by atoms with E-state index in [0.29, 0.717) is 45.0 Å². The smallest absolute Gasteiger partial charge is 0.344 e. The second-order valence-electron chi connectivity index (χ2n) is 10.7. The number of amides is 1. The Hall–Kier alpha value is -5.39. The lowest BCUT2D eigenvalue weighted by Crippen LogP contribution is -2.51. The lowest BCUT2D eigenvalue weighted by atomic mass is 9.96. The number of nitriles is 1. The molecule has 0 aliphatic carbocycles. The van der Waals surface area contributed by atoms with E-state index in [1.807, 2.05) is 66.7 Å². The van der Waals surface area contributed by atoms with Crippen molar-refractivity contribution in [2.75, 3.05) is 26.2 Å². The minimum atomic E-state index is -0.220. The highest BCUT2D eigenvalue weighted by atomic mass is 16.5. The van der Waals surface area contributed by atoms with Crippen LogP contribution in [0.15, 0.2) is 122 Å². The van der Waals surface area contributed by atoms with Crippen molar-refractivity contribution >= 4 is 6.03 Å². The Kier molecular flexibility index (Phi) is 8.96. The molecule has 2 heterocycles. The van der Waals surface area contributed by atoms with Crippen LogP contribution in [-0.4, -0.2) is 51.8 Å². The molecule has 0 unspecified atom stereocenters. The van der Waals surface area contributed by atoms with E-state index in [9.17, 15) is 4.79 Å². The van der Waals surface area contributed by atoms with E-state index in [0.717, 1.165) is 33.8 Å². The number of carbonyl (C=O) groups excluding carboxylic acids is 1. The third-order valence-corrected chi connectivity index (χ3v) is 7.75. The molecule has 8 nitrogen and oxygen atoms in total. The summed E-state index contributed by atoms with van der Waals surface area (Å²) in [6.45, 7) is 3.48. The van der Waals surface area contributed by atoms with Crippen LogP contribution >= 0.6 is 0 Å². The molecule has 1 aliphatic heterocycles. The SMILES string of the molecule is N#Cc1cnn(C(=O)N2CCN(C(c3ccc(OCc4ccccc4)cc3)c3ccc(OCc4ccccc4)cc3)CC2)c1. The van der Waals surface area contributed by atoms with E-state index in [2.05, 4.69) is 58.5 Å². The van der Waals surface area contributed by atoms with Gasteiger partial charge in [0.25, 0.3) is 0 Å². The van der Waals surface area contributed by atoms with Gasteiger partial charge in [0.05, 0.1) is 24.0 Å². The number of carbonyl (C=O) groups is 1. The van der Waals surface area contributed by atoms with Gasteiger partial charge in [0.2, 0.25) is 0 Å². The molecule has 1 amide bonds. The Morgan fingerprint density at radius 1 is 0.727 bits per heavy atom. The molecule has 0 radical (unpaired) electrons. The van der Waals surface area contributed by atoms with Gasteiger partial charge in [-0.2, -0.15) is 15.0 Å². The monoisotopic (exact) mass is 583 g/mol. The maximum atomic E-state index is 13.0. The minimum Gasteiger partial charge on any atom is -0.489 e. The van der Waals surface area contributed by atoms with Crippen LogP contribution in [-0.2, 0) is 13.2 Å². The molecule has 44 heavy (non-hydrogen) atoms. The number of hydrogen-bond donors (Lipinski definition) is 0. The number of nitrogens with zero attached hydrogens (tertiary/aromatic N) is 5. The van der Waals surface area contributed by atoms with Crippen LogP contribution in [0.1, 0.15) is 33.9 Å². The van der Waals surface area contributed by atoms with Gasteiger partial charge in [-0.1, -0.05) is 84.9 Å². The molecule has 0 N–H and O–H groups in total. The van der Waals surface area contributed by atoms with E-state index in [1.54, 1.807) is 4.90 Å². The van der Waals surface area contributed by atoms with Gasteiger partial charge in [-0.05, 0) is 46.5 Å². The average Bonchev–Trinajstić information content (AvgIpc) is 3.58. The molecule has 0 saturated carbocycles. The van der Waals surface area contributed by atoms with Crippen LogP contribution in [0.25, 0.3) is 0 Å². The van der Waals surface area contributed by atoms with Gasteiger partial charge in [-0.3, -0.25) is 4.90 Å².